The van der Waals surface area contributed by atoms with Crippen LogP contribution in [0.1, 0.15) is 22.3 Å². The monoisotopic (exact) mass is 650 g/mol. The van der Waals surface area contributed by atoms with E-state index < -0.39 is 4.25 Å². The second-order valence-corrected chi connectivity index (χ2v) is 18.2. The van der Waals surface area contributed by atoms with Gasteiger partial charge in [-0.15, -0.1) is 24.0 Å². The fourth-order valence-corrected chi connectivity index (χ4v) is 12.7. The molecule has 0 radical (unpaired) electrons. The van der Waals surface area contributed by atoms with Crippen LogP contribution in [0.15, 0.2) is 97.1 Å². The van der Waals surface area contributed by atoms with Gasteiger partial charge in [0.15, 0.2) is 0 Å². The molecule has 4 aromatic carbocycles. The molecule has 0 aliphatic rings. The van der Waals surface area contributed by atoms with E-state index in [0.717, 1.165) is 0 Å². The van der Waals surface area contributed by atoms with Crippen LogP contribution in [-0.4, -0.2) is 0 Å². The van der Waals surface area contributed by atoms with Crippen molar-refractivity contribution in [2.75, 3.05) is 0 Å². The number of hydrogen-bond acceptors (Lipinski definition) is 0. The van der Waals surface area contributed by atoms with Gasteiger partial charge in [0.1, 0.15) is 0 Å². The second-order valence-electron chi connectivity index (χ2n) is 8.35. The predicted octanol–water partition coefficient (Wildman–Crippen LogP) is 7.04. The Morgan fingerprint density at radius 1 is 0.387 bits per heavy atom. The first-order valence-electron chi connectivity index (χ1n) is 10.3. The van der Waals surface area contributed by atoms with Gasteiger partial charge in [-0.1, -0.05) is 0 Å². The van der Waals surface area contributed by atoms with Gasteiger partial charge < -0.3 is 0 Å². The number of aryl methyl sites for hydroxylation is 4. The molecule has 0 saturated heterocycles. The van der Waals surface area contributed by atoms with Crippen molar-refractivity contribution in [1.29, 1.82) is 0 Å². The van der Waals surface area contributed by atoms with E-state index in [-0.39, 0.29) is 24.0 Å². The zero-order valence-corrected chi connectivity index (χ0v) is 23.9. The average molecular weight is 650 g/mol. The summed E-state index contributed by atoms with van der Waals surface area (Å²) in [6.45, 7) is 8.65. The maximum absolute atomic E-state index is 2.94. The molecule has 0 N–H and O–H groups in total. The van der Waals surface area contributed by atoms with Crippen LogP contribution < -0.4 is 21.2 Å². The zero-order valence-electron chi connectivity index (χ0n) is 18.5. The Bertz CT molecular complexity index is 966. The summed E-state index contributed by atoms with van der Waals surface area (Å²) in [5, 5.41) is 5.57. The summed E-state index contributed by atoms with van der Waals surface area (Å²) < 4.78 is -2.94. The quantitative estimate of drug-likeness (QED) is 0.164. The van der Waals surface area contributed by atoms with E-state index in [1.165, 1.54) is 43.5 Å². The van der Waals surface area contributed by atoms with Gasteiger partial charge in [0, 0.05) is 0 Å². The molecule has 31 heavy (non-hydrogen) atoms. The van der Waals surface area contributed by atoms with Crippen LogP contribution in [0.5, 0.6) is 0 Å². The minimum atomic E-state index is -2.94. The van der Waals surface area contributed by atoms with Crippen molar-refractivity contribution in [1.82, 2.24) is 0 Å². The number of rotatable bonds is 4. The third-order valence-electron chi connectivity index (χ3n) is 6.08. The molecular weight excluding hydrogens is 621 g/mol. The Labute approximate surface area is 216 Å². The Balaban J connectivity index is 0.00000272. The van der Waals surface area contributed by atoms with E-state index in [4.69, 9.17) is 0 Å². The summed E-state index contributed by atoms with van der Waals surface area (Å²) in [4.78, 5) is 0. The number of hydrogen-bond donors (Lipinski definition) is 0. The van der Waals surface area contributed by atoms with Crippen LogP contribution in [0.4, 0.5) is 0 Å². The maximum atomic E-state index is 2.85. The van der Waals surface area contributed by atoms with Crippen molar-refractivity contribution in [3.8, 4) is 0 Å². The topological polar surface area (TPSA) is 0 Å². The van der Waals surface area contributed by atoms with E-state index in [2.05, 4.69) is 147 Å². The first kappa shape index (κ1) is 24.4. The van der Waals surface area contributed by atoms with Crippen LogP contribution in [-0.2, 0) is 0 Å². The van der Waals surface area contributed by atoms with Crippen molar-refractivity contribution < 1.29 is 0 Å². The van der Waals surface area contributed by atoms with Crippen LogP contribution >= 0.6 is 50.3 Å². The second kappa shape index (κ2) is 9.33. The van der Waals surface area contributed by atoms with E-state index in [1.807, 2.05) is 0 Å². The van der Waals surface area contributed by atoms with Gasteiger partial charge in [-0.2, -0.15) is 0 Å². The molecule has 0 heterocycles. The number of benzene rings is 4. The summed E-state index contributed by atoms with van der Waals surface area (Å²) in [6.07, 6.45) is 0. The summed E-state index contributed by atoms with van der Waals surface area (Å²) in [7, 11) is 0. The molecule has 0 aliphatic heterocycles. The average Bonchev–Trinajstić information content (AvgIpc) is 2.75. The molecule has 0 nitrogen and oxygen atoms in total. The Hall–Kier alpha value is -1.23. The molecule has 0 saturated carbocycles. The largest absolute Gasteiger partial charge is 0.107 e. The molecule has 0 amide bonds. The first-order valence-corrected chi connectivity index (χ1v) is 15.4. The maximum Gasteiger partial charge on any atom is -0.107 e. The van der Waals surface area contributed by atoms with Crippen molar-refractivity contribution in [3.63, 3.8) is 0 Å². The van der Waals surface area contributed by atoms with Crippen molar-refractivity contribution in [3.05, 3.63) is 119 Å². The minimum absolute atomic E-state index is 0. The van der Waals surface area contributed by atoms with Crippen LogP contribution in [0.25, 0.3) is 0 Å². The zero-order chi connectivity index (χ0) is 21.4. The molecule has 0 unspecified atom stereocenters. The van der Waals surface area contributed by atoms with Crippen LogP contribution in [0.3, 0.4) is 0 Å². The fraction of sp³-hybridized carbons (Fsp3) is 0.143. The van der Waals surface area contributed by atoms with Gasteiger partial charge in [-0.05, 0) is 0 Å². The first-order chi connectivity index (χ1) is 14.3. The molecule has 4 rings (SSSR count). The Kier molecular flexibility index (Phi) is 7.35. The van der Waals surface area contributed by atoms with Gasteiger partial charge in [-0.3, -0.25) is 0 Å². The standard InChI is InChI=1S/C28H28IP.HI/c1-21-5-13-25(14-6-21)30(29,26-15-7-22(2)8-16-26,27-17-9-23(3)10-18-27)28-19-11-24(4)12-20-28;/h5-20H,1-4H3;1H. The normalized spacial score (nSPS) is 12.5. The van der Waals surface area contributed by atoms with E-state index in [9.17, 15) is 0 Å². The smallest absolute Gasteiger partial charge is 0.107 e. The fourth-order valence-electron chi connectivity index (χ4n) is 4.19. The molecule has 0 atom stereocenters. The molecule has 0 aromatic heterocycles. The summed E-state index contributed by atoms with van der Waals surface area (Å²) >= 11 is 2.85. The third-order valence-corrected chi connectivity index (χ3v) is 17.8. The molecule has 0 fully saturated rings. The summed E-state index contributed by atoms with van der Waals surface area (Å²) in [5.74, 6) is 0. The van der Waals surface area contributed by atoms with Gasteiger partial charge in [0.25, 0.3) is 0 Å². The molecular formula is C28H29I2P. The SMILES string of the molecule is Cc1ccc(P(I)(c2ccc(C)cc2)(c2ccc(C)cc2)c2ccc(C)cc2)cc1.I. The van der Waals surface area contributed by atoms with Crippen LogP contribution in [0, 0.1) is 27.7 Å². The Morgan fingerprint density at radius 2 is 0.548 bits per heavy atom. The van der Waals surface area contributed by atoms with Gasteiger partial charge in [0.2, 0.25) is 0 Å². The summed E-state index contributed by atoms with van der Waals surface area (Å²) in [6, 6.07) is 36.8. The molecule has 0 aliphatic carbocycles. The predicted molar refractivity (Wildman–Crippen MR) is 160 cm³/mol. The number of halogens is 2. The van der Waals surface area contributed by atoms with Crippen molar-refractivity contribution >= 4 is 71.5 Å². The van der Waals surface area contributed by atoms with Crippen molar-refractivity contribution in [2.45, 2.75) is 27.7 Å². The van der Waals surface area contributed by atoms with Gasteiger partial charge >= 0.3 is 195 Å². The van der Waals surface area contributed by atoms with Gasteiger partial charge in [0.05, 0.1) is 0 Å². The molecule has 3 heteroatoms. The molecule has 0 spiro atoms. The van der Waals surface area contributed by atoms with Crippen LogP contribution in [0.2, 0.25) is 0 Å². The molecule has 0 bridgehead atoms. The Morgan fingerprint density at radius 3 is 0.710 bits per heavy atom. The van der Waals surface area contributed by atoms with Crippen molar-refractivity contribution in [2.24, 2.45) is 0 Å². The molecule has 160 valence electrons. The van der Waals surface area contributed by atoms with Gasteiger partial charge in [-0.25, -0.2) is 0 Å². The van der Waals surface area contributed by atoms with E-state index in [0.29, 0.717) is 0 Å². The van der Waals surface area contributed by atoms with E-state index >= 15 is 0 Å². The summed E-state index contributed by atoms with van der Waals surface area (Å²) in [5.41, 5.74) is 5.16. The third kappa shape index (κ3) is 4.12. The minimum Gasteiger partial charge on any atom is -0.107 e. The van der Waals surface area contributed by atoms with E-state index in [1.54, 1.807) is 0 Å². The molecule has 4 aromatic rings.